The van der Waals surface area contributed by atoms with E-state index in [0.717, 1.165) is 22.3 Å². The standard InChI is InChI=1S/C35H37NO6/c37-35(42-24-30-19-11-4-12-20-30)36-31-25-39-32(26-38-21-27-13-5-1-6-14-27)34(41-23-29-17-9-3-10-18-29)33(31)40-22-28-15-7-2-8-16-28/h1-20,31-34H,21-26H2,(H,36,37)/t31-,32-,33-,34+/m1/s1. The Hall–Kier alpha value is -4.01. The maximum absolute atomic E-state index is 12.9. The molecule has 1 amide bonds. The number of alkyl carbamates (subject to hydrolysis) is 1. The van der Waals surface area contributed by atoms with Crippen molar-refractivity contribution in [2.75, 3.05) is 13.2 Å². The zero-order valence-corrected chi connectivity index (χ0v) is 23.5. The molecule has 0 aliphatic carbocycles. The molecule has 4 atom stereocenters. The van der Waals surface area contributed by atoms with Crippen LogP contribution in [0.5, 0.6) is 0 Å². The fourth-order valence-corrected chi connectivity index (χ4v) is 4.85. The first-order valence-corrected chi connectivity index (χ1v) is 14.3. The number of rotatable bonds is 13. The van der Waals surface area contributed by atoms with Crippen LogP contribution in [0.2, 0.25) is 0 Å². The summed E-state index contributed by atoms with van der Waals surface area (Å²) in [6.07, 6.45) is -1.98. The number of amides is 1. The average molecular weight is 568 g/mol. The van der Waals surface area contributed by atoms with E-state index in [1.807, 2.05) is 121 Å². The fraction of sp³-hybridized carbons (Fsp3) is 0.286. The predicted molar refractivity (Wildman–Crippen MR) is 159 cm³/mol. The topological polar surface area (TPSA) is 75.3 Å². The minimum Gasteiger partial charge on any atom is -0.445 e. The molecule has 0 unspecified atom stereocenters. The van der Waals surface area contributed by atoms with Crippen molar-refractivity contribution in [3.63, 3.8) is 0 Å². The zero-order chi connectivity index (χ0) is 28.8. The second kappa shape index (κ2) is 15.8. The third-order valence-electron chi connectivity index (χ3n) is 7.06. The van der Waals surface area contributed by atoms with Gasteiger partial charge >= 0.3 is 6.09 Å². The van der Waals surface area contributed by atoms with Gasteiger partial charge in [0, 0.05) is 0 Å². The lowest BCUT2D eigenvalue weighted by Gasteiger charge is -2.42. The van der Waals surface area contributed by atoms with E-state index in [2.05, 4.69) is 5.32 Å². The summed E-state index contributed by atoms with van der Waals surface area (Å²) in [4.78, 5) is 12.9. The summed E-state index contributed by atoms with van der Waals surface area (Å²) >= 11 is 0. The van der Waals surface area contributed by atoms with Gasteiger partial charge in [-0.1, -0.05) is 121 Å². The molecule has 4 aromatic rings. The van der Waals surface area contributed by atoms with Crippen molar-refractivity contribution in [3.05, 3.63) is 144 Å². The van der Waals surface area contributed by atoms with Gasteiger partial charge in [-0.3, -0.25) is 0 Å². The van der Waals surface area contributed by atoms with E-state index in [9.17, 15) is 4.79 Å². The molecule has 42 heavy (non-hydrogen) atoms. The Morgan fingerprint density at radius 2 is 1.07 bits per heavy atom. The number of hydrogen-bond acceptors (Lipinski definition) is 6. The van der Waals surface area contributed by atoms with Crippen molar-refractivity contribution in [1.29, 1.82) is 0 Å². The highest BCUT2D eigenvalue weighted by atomic mass is 16.6. The monoisotopic (exact) mass is 567 g/mol. The Morgan fingerprint density at radius 3 is 1.60 bits per heavy atom. The molecule has 7 nitrogen and oxygen atoms in total. The molecule has 218 valence electrons. The first-order valence-electron chi connectivity index (χ1n) is 14.3. The van der Waals surface area contributed by atoms with Gasteiger partial charge in [-0.05, 0) is 22.3 Å². The lowest BCUT2D eigenvalue weighted by molar-refractivity contribution is -0.207. The van der Waals surface area contributed by atoms with E-state index in [1.54, 1.807) is 0 Å². The summed E-state index contributed by atoms with van der Waals surface area (Å²) in [6.45, 7) is 1.87. The molecule has 0 bridgehead atoms. The van der Waals surface area contributed by atoms with E-state index in [0.29, 0.717) is 26.4 Å². The van der Waals surface area contributed by atoms with Crippen molar-refractivity contribution in [2.45, 2.75) is 50.8 Å². The number of ether oxygens (including phenoxy) is 5. The highest BCUT2D eigenvalue weighted by molar-refractivity contribution is 5.67. The third kappa shape index (κ3) is 8.99. The molecule has 0 saturated carbocycles. The van der Waals surface area contributed by atoms with Crippen LogP contribution in [0.1, 0.15) is 22.3 Å². The van der Waals surface area contributed by atoms with Crippen LogP contribution in [0.15, 0.2) is 121 Å². The molecule has 1 aliphatic heterocycles. The van der Waals surface area contributed by atoms with E-state index in [4.69, 9.17) is 23.7 Å². The van der Waals surface area contributed by atoms with Crippen LogP contribution in [0.3, 0.4) is 0 Å². The van der Waals surface area contributed by atoms with E-state index >= 15 is 0 Å². The lowest BCUT2D eigenvalue weighted by Crippen LogP contribution is -2.61. The quantitative estimate of drug-likeness (QED) is 0.212. The molecule has 1 N–H and O–H groups in total. The summed E-state index contributed by atoms with van der Waals surface area (Å²) in [5.41, 5.74) is 4.03. The molecule has 0 aromatic heterocycles. The number of carbonyl (C=O) groups excluding carboxylic acids is 1. The second-order valence-corrected chi connectivity index (χ2v) is 10.2. The molecule has 1 saturated heterocycles. The van der Waals surface area contributed by atoms with Crippen molar-refractivity contribution >= 4 is 6.09 Å². The van der Waals surface area contributed by atoms with Crippen molar-refractivity contribution in [1.82, 2.24) is 5.32 Å². The largest absolute Gasteiger partial charge is 0.445 e. The Kier molecular flexibility index (Phi) is 11.1. The second-order valence-electron chi connectivity index (χ2n) is 10.2. The Labute approximate surface area is 247 Å². The van der Waals surface area contributed by atoms with Crippen molar-refractivity contribution in [3.8, 4) is 0 Å². The van der Waals surface area contributed by atoms with Gasteiger partial charge in [0.1, 0.15) is 24.9 Å². The van der Waals surface area contributed by atoms with Gasteiger partial charge in [0.2, 0.25) is 0 Å². The van der Waals surface area contributed by atoms with Gasteiger partial charge in [-0.15, -0.1) is 0 Å². The molecule has 1 heterocycles. The van der Waals surface area contributed by atoms with Crippen LogP contribution in [-0.4, -0.2) is 43.7 Å². The molecule has 0 spiro atoms. The van der Waals surface area contributed by atoms with Gasteiger partial charge in [0.05, 0.1) is 39.1 Å². The summed E-state index contributed by atoms with van der Waals surface area (Å²) in [6, 6.07) is 39.0. The molecule has 7 heteroatoms. The summed E-state index contributed by atoms with van der Waals surface area (Å²) < 4.78 is 30.9. The third-order valence-corrected chi connectivity index (χ3v) is 7.06. The van der Waals surface area contributed by atoms with Gasteiger partial charge in [0.15, 0.2) is 0 Å². The normalized spacial score (nSPS) is 20.1. The maximum atomic E-state index is 12.9. The van der Waals surface area contributed by atoms with E-state index in [1.165, 1.54) is 0 Å². The van der Waals surface area contributed by atoms with Crippen LogP contribution >= 0.6 is 0 Å². The van der Waals surface area contributed by atoms with Gasteiger partial charge < -0.3 is 29.0 Å². The minimum atomic E-state index is -0.540. The minimum absolute atomic E-state index is 0.166. The molecule has 0 radical (unpaired) electrons. The summed E-state index contributed by atoms with van der Waals surface area (Å²) in [7, 11) is 0. The lowest BCUT2D eigenvalue weighted by atomic mass is 9.97. The molecule has 5 rings (SSSR count). The molecular formula is C35H37NO6. The van der Waals surface area contributed by atoms with Crippen molar-refractivity contribution < 1.29 is 28.5 Å². The number of benzene rings is 4. The Morgan fingerprint density at radius 1 is 0.619 bits per heavy atom. The van der Waals surface area contributed by atoms with Gasteiger partial charge in [-0.2, -0.15) is 0 Å². The van der Waals surface area contributed by atoms with Crippen LogP contribution in [0.25, 0.3) is 0 Å². The predicted octanol–water partition coefficient (Wildman–Crippen LogP) is 6.07. The Balaban J connectivity index is 1.30. The van der Waals surface area contributed by atoms with E-state index in [-0.39, 0.29) is 13.2 Å². The smallest absolute Gasteiger partial charge is 0.407 e. The highest BCUT2D eigenvalue weighted by Crippen LogP contribution is 2.25. The summed E-state index contributed by atoms with van der Waals surface area (Å²) in [5, 5.41) is 2.97. The summed E-state index contributed by atoms with van der Waals surface area (Å²) in [5.74, 6) is 0. The van der Waals surface area contributed by atoms with Gasteiger partial charge in [0.25, 0.3) is 0 Å². The SMILES string of the molecule is O=C(N[C@@H]1CO[C@H](COCc2ccccc2)[C@H](OCc2ccccc2)[C@@H]1OCc1ccccc1)OCc1ccccc1. The maximum Gasteiger partial charge on any atom is 0.407 e. The zero-order valence-electron chi connectivity index (χ0n) is 23.5. The number of carbonyl (C=O) groups is 1. The average Bonchev–Trinajstić information content (AvgIpc) is 3.05. The van der Waals surface area contributed by atoms with Crippen LogP contribution in [0.4, 0.5) is 4.79 Å². The van der Waals surface area contributed by atoms with E-state index < -0.39 is 30.4 Å². The van der Waals surface area contributed by atoms with Crippen molar-refractivity contribution in [2.24, 2.45) is 0 Å². The number of hydrogen-bond donors (Lipinski definition) is 1. The number of nitrogens with one attached hydrogen (secondary N) is 1. The molecule has 1 aliphatic rings. The Bertz CT molecular complexity index is 1320. The van der Waals surface area contributed by atoms with Crippen LogP contribution in [-0.2, 0) is 50.1 Å². The molecule has 4 aromatic carbocycles. The highest BCUT2D eigenvalue weighted by Gasteiger charge is 2.43. The van der Waals surface area contributed by atoms with Crippen LogP contribution in [0, 0.1) is 0 Å². The molecule has 1 fully saturated rings. The molecular weight excluding hydrogens is 530 g/mol. The van der Waals surface area contributed by atoms with Crippen LogP contribution < -0.4 is 5.32 Å². The van der Waals surface area contributed by atoms with Gasteiger partial charge in [-0.25, -0.2) is 4.79 Å². The first-order chi connectivity index (χ1) is 20.7. The fourth-order valence-electron chi connectivity index (χ4n) is 4.85. The first kappa shape index (κ1) is 29.5.